The lowest BCUT2D eigenvalue weighted by Gasteiger charge is -2.26. The van der Waals surface area contributed by atoms with E-state index in [0.717, 1.165) is 12.0 Å². The number of hydrogen-bond acceptors (Lipinski definition) is 1. The molecule has 1 aliphatic heterocycles. The number of hydrogen-bond donors (Lipinski definition) is 1. The summed E-state index contributed by atoms with van der Waals surface area (Å²) in [4.78, 5) is 0. The highest BCUT2D eigenvalue weighted by molar-refractivity contribution is 4.73. The maximum Gasteiger partial charge on any atom is 0.00671 e. The topological polar surface area (TPSA) is 12.0 Å². The van der Waals surface area contributed by atoms with E-state index in [9.17, 15) is 0 Å². The predicted molar refractivity (Wildman–Crippen MR) is 70.7 cm³/mol. The van der Waals surface area contributed by atoms with Crippen molar-refractivity contribution in [2.24, 2.45) is 5.92 Å². The predicted octanol–water partition coefficient (Wildman–Crippen LogP) is 4.27. The highest BCUT2D eigenvalue weighted by atomic mass is 14.9. The maximum atomic E-state index is 3.79. The van der Waals surface area contributed by atoms with E-state index in [1.54, 1.807) is 0 Å². The van der Waals surface area contributed by atoms with Crippen LogP contribution in [0.1, 0.15) is 77.0 Å². The van der Waals surface area contributed by atoms with Crippen LogP contribution in [0.3, 0.4) is 0 Å². The van der Waals surface area contributed by atoms with Gasteiger partial charge in [0.25, 0.3) is 0 Å². The summed E-state index contributed by atoms with van der Waals surface area (Å²) in [5.41, 5.74) is 0. The molecule has 0 aromatic rings. The zero-order chi connectivity index (χ0) is 11.1. The molecule has 2 fully saturated rings. The number of rotatable bonds is 0. The van der Waals surface area contributed by atoms with E-state index in [0.29, 0.717) is 0 Å². The van der Waals surface area contributed by atoms with Crippen molar-refractivity contribution < 1.29 is 0 Å². The third-order valence-electron chi connectivity index (χ3n) is 4.56. The summed E-state index contributed by atoms with van der Waals surface area (Å²) >= 11 is 0. The van der Waals surface area contributed by atoms with Gasteiger partial charge in [0.05, 0.1) is 0 Å². The zero-order valence-corrected chi connectivity index (χ0v) is 10.8. The van der Waals surface area contributed by atoms with E-state index >= 15 is 0 Å². The summed E-state index contributed by atoms with van der Waals surface area (Å²) in [6, 6.07) is 0.846. The van der Waals surface area contributed by atoms with E-state index in [1.165, 1.54) is 83.6 Å². The van der Waals surface area contributed by atoms with Crippen LogP contribution in [0.2, 0.25) is 0 Å². The minimum Gasteiger partial charge on any atom is -0.314 e. The average molecular weight is 223 g/mol. The fourth-order valence-electron chi connectivity index (χ4n) is 3.44. The Labute approximate surface area is 101 Å². The molecule has 94 valence electrons. The van der Waals surface area contributed by atoms with Crippen molar-refractivity contribution in [1.29, 1.82) is 0 Å². The second-order valence-corrected chi connectivity index (χ2v) is 5.94. The van der Waals surface area contributed by atoms with Crippen molar-refractivity contribution in [3.05, 3.63) is 0 Å². The molecule has 2 rings (SSSR count). The van der Waals surface area contributed by atoms with Crippen LogP contribution in [-0.2, 0) is 0 Å². The molecule has 2 bridgehead atoms. The molecule has 16 heavy (non-hydrogen) atoms. The SMILES string of the molecule is C1CCCC2CCC(CC1)CCCCCN2. The lowest BCUT2D eigenvalue weighted by atomic mass is 9.86. The van der Waals surface area contributed by atoms with Crippen LogP contribution in [-0.4, -0.2) is 12.6 Å². The molecule has 0 spiro atoms. The van der Waals surface area contributed by atoms with E-state index in [2.05, 4.69) is 5.32 Å². The van der Waals surface area contributed by atoms with Crippen LogP contribution < -0.4 is 5.32 Å². The lowest BCUT2D eigenvalue weighted by molar-refractivity contribution is 0.308. The molecule has 1 saturated heterocycles. The molecule has 2 unspecified atom stereocenters. The molecule has 2 atom stereocenters. The molecule has 1 heteroatoms. The molecular weight excluding hydrogens is 194 g/mol. The van der Waals surface area contributed by atoms with Gasteiger partial charge in [-0.25, -0.2) is 0 Å². The van der Waals surface area contributed by atoms with Crippen molar-refractivity contribution in [2.75, 3.05) is 6.54 Å². The molecule has 2 aliphatic rings. The second-order valence-electron chi connectivity index (χ2n) is 5.94. The Balaban J connectivity index is 1.88. The largest absolute Gasteiger partial charge is 0.314 e. The Hall–Kier alpha value is -0.0400. The second kappa shape index (κ2) is 7.32. The van der Waals surface area contributed by atoms with Gasteiger partial charge in [-0.15, -0.1) is 0 Å². The van der Waals surface area contributed by atoms with Gasteiger partial charge < -0.3 is 5.32 Å². The van der Waals surface area contributed by atoms with Gasteiger partial charge in [0.15, 0.2) is 0 Å². The first-order valence-corrected chi connectivity index (χ1v) is 7.68. The number of fused-ring (bicyclic) bond motifs is 3. The molecule has 1 aliphatic carbocycles. The van der Waals surface area contributed by atoms with Crippen molar-refractivity contribution in [1.82, 2.24) is 5.32 Å². The molecule has 0 radical (unpaired) electrons. The smallest absolute Gasteiger partial charge is 0.00671 e. The molecule has 1 nitrogen and oxygen atoms in total. The van der Waals surface area contributed by atoms with Crippen LogP contribution >= 0.6 is 0 Å². The fraction of sp³-hybridized carbons (Fsp3) is 1.00. The van der Waals surface area contributed by atoms with Crippen molar-refractivity contribution in [3.8, 4) is 0 Å². The normalized spacial score (nSPS) is 34.5. The Bertz CT molecular complexity index is 142. The quantitative estimate of drug-likeness (QED) is 0.646. The molecule has 1 saturated carbocycles. The minimum atomic E-state index is 0.846. The molecular formula is C15H29N. The van der Waals surface area contributed by atoms with Gasteiger partial charge in [-0.1, -0.05) is 51.4 Å². The van der Waals surface area contributed by atoms with Gasteiger partial charge in [0.2, 0.25) is 0 Å². The summed E-state index contributed by atoms with van der Waals surface area (Å²) in [5, 5.41) is 3.79. The molecule has 0 aromatic carbocycles. The Morgan fingerprint density at radius 3 is 2.06 bits per heavy atom. The van der Waals surface area contributed by atoms with E-state index in [4.69, 9.17) is 0 Å². The third kappa shape index (κ3) is 4.45. The molecule has 0 aromatic heterocycles. The highest BCUT2D eigenvalue weighted by Crippen LogP contribution is 2.26. The first-order valence-electron chi connectivity index (χ1n) is 7.68. The summed E-state index contributed by atoms with van der Waals surface area (Å²) < 4.78 is 0. The zero-order valence-electron chi connectivity index (χ0n) is 10.8. The van der Waals surface area contributed by atoms with Crippen LogP contribution in [0, 0.1) is 5.92 Å². The average Bonchev–Trinajstić information content (AvgIpc) is 2.33. The van der Waals surface area contributed by atoms with Gasteiger partial charge in [-0.05, 0) is 38.1 Å². The first kappa shape index (κ1) is 12.4. The molecule has 1 heterocycles. The molecule has 1 N–H and O–H groups in total. The van der Waals surface area contributed by atoms with E-state index < -0.39 is 0 Å². The van der Waals surface area contributed by atoms with Crippen molar-refractivity contribution in [2.45, 2.75) is 83.1 Å². The first-order chi connectivity index (χ1) is 7.95. The third-order valence-corrected chi connectivity index (χ3v) is 4.56. The van der Waals surface area contributed by atoms with Gasteiger partial charge in [0, 0.05) is 6.04 Å². The van der Waals surface area contributed by atoms with Gasteiger partial charge in [0.1, 0.15) is 0 Å². The Morgan fingerprint density at radius 1 is 0.562 bits per heavy atom. The summed E-state index contributed by atoms with van der Waals surface area (Å²) in [6.45, 7) is 1.27. The summed E-state index contributed by atoms with van der Waals surface area (Å²) in [7, 11) is 0. The Morgan fingerprint density at radius 2 is 1.25 bits per heavy atom. The molecule has 0 amide bonds. The fourth-order valence-corrected chi connectivity index (χ4v) is 3.44. The highest BCUT2D eigenvalue weighted by Gasteiger charge is 2.16. The van der Waals surface area contributed by atoms with Gasteiger partial charge in [-0.2, -0.15) is 0 Å². The Kier molecular flexibility index (Phi) is 5.68. The van der Waals surface area contributed by atoms with Crippen LogP contribution in [0.15, 0.2) is 0 Å². The number of nitrogens with one attached hydrogen (secondary N) is 1. The summed E-state index contributed by atoms with van der Waals surface area (Å²) in [6.07, 6.45) is 17.7. The lowest BCUT2D eigenvalue weighted by Crippen LogP contribution is -2.31. The standard InChI is InChI=1S/C15H29N/c1-2-6-10-15-12-11-14(8-4-1)9-5-3-7-13-16-15/h14-16H,1-13H2. The van der Waals surface area contributed by atoms with Crippen molar-refractivity contribution in [3.63, 3.8) is 0 Å². The van der Waals surface area contributed by atoms with Crippen LogP contribution in [0.25, 0.3) is 0 Å². The monoisotopic (exact) mass is 223 g/mol. The summed E-state index contributed by atoms with van der Waals surface area (Å²) in [5.74, 6) is 1.06. The van der Waals surface area contributed by atoms with E-state index in [-0.39, 0.29) is 0 Å². The van der Waals surface area contributed by atoms with E-state index in [1.807, 2.05) is 0 Å². The van der Waals surface area contributed by atoms with Crippen LogP contribution in [0.5, 0.6) is 0 Å². The van der Waals surface area contributed by atoms with Gasteiger partial charge >= 0.3 is 0 Å². The van der Waals surface area contributed by atoms with Crippen molar-refractivity contribution >= 4 is 0 Å². The van der Waals surface area contributed by atoms with Crippen LogP contribution in [0.4, 0.5) is 0 Å². The van der Waals surface area contributed by atoms with Gasteiger partial charge in [-0.3, -0.25) is 0 Å². The minimum absolute atomic E-state index is 0.846. The maximum absolute atomic E-state index is 3.79.